The lowest BCUT2D eigenvalue weighted by Crippen LogP contribution is -2.70. The highest BCUT2D eigenvalue weighted by molar-refractivity contribution is 5.10. The van der Waals surface area contributed by atoms with Gasteiger partial charge in [-0.2, -0.15) is 79.2 Å². The molecule has 19 heteroatoms. The Bertz CT molecular complexity index is 791. The highest BCUT2D eigenvalue weighted by Gasteiger charge is 2.90. The van der Waals surface area contributed by atoms with Gasteiger partial charge in [-0.15, -0.1) is 0 Å². The molecule has 32 heavy (non-hydrogen) atoms. The Morgan fingerprint density at radius 3 is 1.50 bits per heavy atom. The topological polar surface area (TPSA) is 8.81 Å². The molecule has 0 unspecified atom stereocenters. The molecule has 0 fully saturated rings. The summed E-state index contributed by atoms with van der Waals surface area (Å²) in [6.07, 6.45) is -14.3. The predicted molar refractivity (Wildman–Crippen MR) is 66.2 cm³/mol. The van der Waals surface area contributed by atoms with E-state index in [1.165, 1.54) is 0 Å². The van der Waals surface area contributed by atoms with Crippen molar-refractivity contribution in [3.05, 3.63) is 18.7 Å². The van der Waals surface area contributed by atoms with Crippen molar-refractivity contribution >= 4 is 0 Å². The minimum atomic E-state index is -8.05. The molecule has 0 aliphatic rings. The molecule has 0 spiro atoms. The molecule has 0 saturated carbocycles. The molecule has 0 saturated heterocycles. The molecular weight excluding hydrogens is 507 g/mol. The maximum absolute atomic E-state index is 13.6. The van der Waals surface area contributed by atoms with Gasteiger partial charge >= 0.3 is 48.3 Å². The zero-order chi connectivity index (χ0) is 25.8. The summed E-state index contributed by atoms with van der Waals surface area (Å²) >= 11 is 0. The Morgan fingerprint density at radius 2 is 1.09 bits per heavy atom. The summed E-state index contributed by atoms with van der Waals surface area (Å²) in [6.45, 7) is -1.74. The second-order valence-corrected chi connectivity index (χ2v) is 6.20. The average molecular weight is 515 g/mol. The van der Waals surface area contributed by atoms with E-state index in [1.54, 1.807) is 0 Å². The summed E-state index contributed by atoms with van der Waals surface area (Å²) in [4.78, 5) is 0. The third kappa shape index (κ3) is 4.17. The van der Waals surface area contributed by atoms with Crippen LogP contribution in [0.5, 0.6) is 0 Å². The fraction of sp³-hybridized carbons (Fsp3) is 0.769. The number of rotatable bonds is 9. The van der Waals surface area contributed by atoms with E-state index in [0.717, 1.165) is 0 Å². The van der Waals surface area contributed by atoms with Crippen LogP contribution in [-0.2, 0) is 12.6 Å². The molecule has 1 heterocycles. The van der Waals surface area contributed by atoms with Crippen LogP contribution in [0, 0.1) is 0 Å². The minimum Gasteiger partial charge on any atom is -0.236 e. The monoisotopic (exact) mass is 515 g/mol. The van der Waals surface area contributed by atoms with Crippen molar-refractivity contribution in [2.75, 3.05) is 0 Å². The van der Waals surface area contributed by atoms with Gasteiger partial charge in [0.2, 0.25) is 6.33 Å². The standard InChI is InChI=1S/C13H8F17N2/c14-6(15)8(18,19)32-4-3-31(5-32)2-1-7(16,17)9(20,21)10(22,23)11(24,25)12(26,27)13(28,29)30/h3-6H,1-2H2/q+1. The molecule has 0 amide bonds. The summed E-state index contributed by atoms with van der Waals surface area (Å²) in [5, 5.41) is 0. The fourth-order valence-corrected chi connectivity index (χ4v) is 2.04. The molecule has 0 aromatic carbocycles. The molecule has 0 aliphatic heterocycles. The van der Waals surface area contributed by atoms with Gasteiger partial charge in [-0.05, 0) is 0 Å². The normalized spacial score (nSPS) is 15.6. The number of nitrogens with zero attached hydrogens (tertiary/aromatic N) is 2. The second kappa shape index (κ2) is 7.81. The maximum Gasteiger partial charge on any atom is 0.460 e. The maximum atomic E-state index is 13.6. The fourth-order valence-electron chi connectivity index (χ4n) is 2.04. The molecule has 0 bridgehead atoms. The van der Waals surface area contributed by atoms with E-state index in [9.17, 15) is 74.6 Å². The molecule has 1 rings (SSSR count). The van der Waals surface area contributed by atoms with Crippen molar-refractivity contribution in [3.8, 4) is 0 Å². The first-order valence-electron chi connectivity index (χ1n) is 7.57. The first-order chi connectivity index (χ1) is 13.9. The van der Waals surface area contributed by atoms with Gasteiger partial charge in [-0.1, -0.05) is 0 Å². The first-order valence-corrected chi connectivity index (χ1v) is 7.57. The molecule has 0 radical (unpaired) electrons. The predicted octanol–water partition coefficient (Wildman–Crippen LogP) is 5.72. The summed E-state index contributed by atoms with van der Waals surface area (Å²) in [5.74, 6) is -37.8. The summed E-state index contributed by atoms with van der Waals surface area (Å²) < 4.78 is 218. The number of halogens is 17. The van der Waals surface area contributed by atoms with E-state index in [2.05, 4.69) is 0 Å². The third-order valence-corrected chi connectivity index (χ3v) is 3.98. The number of aryl methyl sites for hydroxylation is 1. The van der Waals surface area contributed by atoms with Crippen LogP contribution >= 0.6 is 0 Å². The van der Waals surface area contributed by atoms with Crippen molar-refractivity contribution in [2.24, 2.45) is 0 Å². The van der Waals surface area contributed by atoms with Crippen molar-refractivity contribution in [3.63, 3.8) is 0 Å². The number of aromatic nitrogens is 2. The zero-order valence-corrected chi connectivity index (χ0v) is 14.5. The van der Waals surface area contributed by atoms with Gasteiger partial charge in [-0.25, -0.2) is 4.57 Å². The molecule has 0 N–H and O–H groups in total. The number of hydrogen-bond acceptors (Lipinski definition) is 0. The van der Waals surface area contributed by atoms with E-state index in [-0.39, 0.29) is 23.3 Å². The molecule has 2 nitrogen and oxygen atoms in total. The van der Waals surface area contributed by atoms with E-state index in [1.807, 2.05) is 0 Å². The third-order valence-electron chi connectivity index (χ3n) is 3.98. The lowest BCUT2D eigenvalue weighted by Gasteiger charge is -2.39. The SMILES string of the molecule is FC(F)C(F)(F)n1cc[n+](CCC(F)(F)C(F)(F)C(F)(F)C(F)(F)C(F)(F)C(F)(F)F)c1. The van der Waals surface area contributed by atoms with Crippen LogP contribution in [0.3, 0.4) is 0 Å². The van der Waals surface area contributed by atoms with Crippen molar-refractivity contribution < 1.29 is 79.2 Å². The number of imidazole rings is 1. The Labute approximate surface area is 165 Å². The van der Waals surface area contributed by atoms with Crippen LogP contribution in [0.2, 0.25) is 0 Å². The Morgan fingerprint density at radius 1 is 0.656 bits per heavy atom. The van der Waals surface area contributed by atoms with Crippen molar-refractivity contribution in [1.29, 1.82) is 0 Å². The number of hydrogen-bond donors (Lipinski definition) is 0. The van der Waals surface area contributed by atoms with Crippen molar-refractivity contribution in [1.82, 2.24) is 4.57 Å². The molecule has 1 aromatic heterocycles. The first kappa shape index (κ1) is 28.1. The lowest BCUT2D eigenvalue weighted by atomic mass is 9.92. The Balaban J connectivity index is 3.21. The van der Waals surface area contributed by atoms with Crippen LogP contribution in [0.1, 0.15) is 6.42 Å². The molecule has 1 aromatic rings. The summed E-state index contributed by atoms with van der Waals surface area (Å²) in [5.41, 5.74) is 0. The van der Waals surface area contributed by atoms with Crippen LogP contribution in [0.4, 0.5) is 74.6 Å². The highest BCUT2D eigenvalue weighted by Crippen LogP contribution is 2.60. The quantitative estimate of drug-likeness (QED) is 0.294. The minimum absolute atomic E-state index is 0.000877. The van der Waals surface area contributed by atoms with E-state index >= 15 is 0 Å². The van der Waals surface area contributed by atoms with Gasteiger partial charge in [-0.3, -0.25) is 0 Å². The Hall–Kier alpha value is -1.98. The average Bonchev–Trinajstić information content (AvgIpc) is 3.08. The van der Waals surface area contributed by atoms with Gasteiger partial charge in [0.15, 0.2) is 0 Å². The van der Waals surface area contributed by atoms with Crippen LogP contribution in [-0.4, -0.2) is 46.8 Å². The van der Waals surface area contributed by atoms with E-state index < -0.39 is 65.8 Å². The van der Waals surface area contributed by atoms with Gasteiger partial charge in [0, 0.05) is 0 Å². The van der Waals surface area contributed by atoms with Crippen LogP contribution in [0.25, 0.3) is 0 Å². The van der Waals surface area contributed by atoms with Gasteiger partial charge < -0.3 is 0 Å². The van der Waals surface area contributed by atoms with E-state index in [0.29, 0.717) is 0 Å². The van der Waals surface area contributed by atoms with Crippen LogP contribution in [0.15, 0.2) is 18.7 Å². The van der Waals surface area contributed by atoms with E-state index in [4.69, 9.17) is 0 Å². The van der Waals surface area contributed by atoms with Crippen molar-refractivity contribution in [2.45, 2.75) is 61.2 Å². The molecule has 188 valence electrons. The second-order valence-electron chi connectivity index (χ2n) is 6.20. The zero-order valence-electron chi connectivity index (χ0n) is 14.5. The molecule has 0 atom stereocenters. The number of alkyl halides is 17. The molecule has 0 aliphatic carbocycles. The van der Waals surface area contributed by atoms with Gasteiger partial charge in [0.1, 0.15) is 12.4 Å². The van der Waals surface area contributed by atoms with Crippen LogP contribution < -0.4 is 4.57 Å². The summed E-state index contributed by atoms with van der Waals surface area (Å²) in [6, 6.07) is -4.95. The highest BCUT2D eigenvalue weighted by atomic mass is 19.4. The van der Waals surface area contributed by atoms with Gasteiger partial charge in [0.25, 0.3) is 0 Å². The summed E-state index contributed by atoms with van der Waals surface area (Å²) in [7, 11) is 0. The lowest BCUT2D eigenvalue weighted by molar-refractivity contribution is -0.700. The smallest absolute Gasteiger partial charge is 0.236 e. The largest absolute Gasteiger partial charge is 0.460 e. The Kier molecular flexibility index (Phi) is 6.84. The van der Waals surface area contributed by atoms with Gasteiger partial charge in [0.05, 0.1) is 13.0 Å². The molecular formula is C13H8F17N2+.